The van der Waals surface area contributed by atoms with E-state index < -0.39 is 29.6 Å². The lowest BCUT2D eigenvalue weighted by molar-refractivity contribution is -0.143. The van der Waals surface area contributed by atoms with Crippen LogP contribution in [0.1, 0.15) is 51.2 Å². The molecule has 2 aromatic carbocycles. The van der Waals surface area contributed by atoms with E-state index in [0.29, 0.717) is 17.3 Å². The molecule has 0 radical (unpaired) electrons. The topological polar surface area (TPSA) is 148 Å². The molecule has 1 saturated carbocycles. The van der Waals surface area contributed by atoms with Crippen molar-refractivity contribution < 1.29 is 28.7 Å². The number of benzene rings is 2. The number of carboxylic acid groups (broad SMARTS) is 1. The summed E-state index contributed by atoms with van der Waals surface area (Å²) in [6.07, 6.45) is 2.21. The van der Waals surface area contributed by atoms with Gasteiger partial charge in [0.2, 0.25) is 11.8 Å². The summed E-state index contributed by atoms with van der Waals surface area (Å²) < 4.78 is 16.1. The molecular weight excluding hydrogens is 517 g/mol. The maximum atomic E-state index is 14.7. The average Bonchev–Trinajstić information content (AvgIpc) is 3.59. The van der Waals surface area contributed by atoms with Crippen molar-refractivity contribution in [2.45, 2.75) is 51.4 Å². The Morgan fingerprint density at radius 2 is 1.97 bits per heavy atom. The third-order valence-electron chi connectivity index (χ3n) is 7.59. The molecule has 12 heteroatoms. The first-order chi connectivity index (χ1) is 18.1. The normalized spacial score (nSPS) is 20.2. The van der Waals surface area contributed by atoms with Crippen molar-refractivity contribution in [3.63, 3.8) is 0 Å². The first-order valence-corrected chi connectivity index (χ1v) is 12.5. The van der Waals surface area contributed by atoms with Gasteiger partial charge in [-0.25, -0.2) is 9.18 Å². The minimum Gasteiger partial charge on any atom is -0.478 e. The van der Waals surface area contributed by atoms with E-state index in [-0.39, 0.29) is 58.4 Å². The Morgan fingerprint density at radius 3 is 2.68 bits per heavy atom. The third kappa shape index (κ3) is 4.26. The van der Waals surface area contributed by atoms with Crippen LogP contribution < -0.4 is 11.1 Å². The quantitative estimate of drug-likeness (QED) is 0.419. The maximum Gasteiger partial charge on any atom is 0.336 e. The number of aromatic nitrogens is 2. The van der Waals surface area contributed by atoms with Gasteiger partial charge >= 0.3 is 5.97 Å². The molecule has 2 heterocycles. The largest absolute Gasteiger partial charge is 0.478 e. The number of fused-ring (bicyclic) bond motifs is 3. The van der Waals surface area contributed by atoms with Gasteiger partial charge in [0.25, 0.3) is 5.91 Å². The van der Waals surface area contributed by atoms with E-state index in [2.05, 4.69) is 10.4 Å². The summed E-state index contributed by atoms with van der Waals surface area (Å²) in [5.74, 6) is -3.61. The van der Waals surface area contributed by atoms with Crippen LogP contribution in [0.25, 0.3) is 10.9 Å². The Balaban J connectivity index is 1.37. The lowest BCUT2D eigenvalue weighted by Crippen LogP contribution is -2.53. The van der Waals surface area contributed by atoms with Gasteiger partial charge < -0.3 is 21.1 Å². The molecule has 2 bridgehead atoms. The number of carbonyl (C=O) groups excluding carboxylic acids is 3. The monoisotopic (exact) mass is 541 g/mol. The number of nitrogens with zero attached hydrogens (tertiary/aromatic N) is 3. The molecule has 3 atom stereocenters. The molecule has 1 aliphatic carbocycles. The third-order valence-corrected chi connectivity index (χ3v) is 7.87. The first kappa shape index (κ1) is 25.7. The van der Waals surface area contributed by atoms with Gasteiger partial charge in [0.15, 0.2) is 5.69 Å². The highest BCUT2D eigenvalue weighted by Crippen LogP contribution is 2.43. The zero-order valence-electron chi connectivity index (χ0n) is 20.4. The number of para-hydroxylation sites is 1. The van der Waals surface area contributed by atoms with Crippen LogP contribution in [-0.2, 0) is 22.7 Å². The highest BCUT2D eigenvalue weighted by Gasteiger charge is 2.51. The van der Waals surface area contributed by atoms with Gasteiger partial charge in [0, 0.05) is 23.5 Å². The van der Waals surface area contributed by atoms with Crippen LogP contribution in [0.4, 0.5) is 4.39 Å². The van der Waals surface area contributed by atoms with Crippen LogP contribution in [-0.4, -0.2) is 55.6 Å². The summed E-state index contributed by atoms with van der Waals surface area (Å²) in [6, 6.07) is 7.09. The SMILES string of the molecule is Cc1c(C(=O)O)cc(Cl)c(F)c1CNC(=O)[C@@H]1[C@H]2CC[C@H](C2)N1C(=O)Cn1nc(C(N)=O)c2ccccc21. The van der Waals surface area contributed by atoms with E-state index >= 15 is 0 Å². The van der Waals surface area contributed by atoms with Gasteiger partial charge in [-0.05, 0) is 49.8 Å². The fourth-order valence-electron chi connectivity index (χ4n) is 5.81. The van der Waals surface area contributed by atoms with Crippen molar-refractivity contribution in [3.8, 4) is 0 Å². The number of likely N-dealkylation sites (tertiary alicyclic amines) is 1. The Labute approximate surface area is 221 Å². The second-order valence-corrected chi connectivity index (χ2v) is 10.1. The Kier molecular flexibility index (Phi) is 6.56. The minimum atomic E-state index is -1.26. The van der Waals surface area contributed by atoms with E-state index in [1.807, 2.05) is 0 Å². The Bertz CT molecular complexity index is 1500. The number of carboxylic acids is 1. The molecule has 10 nitrogen and oxygen atoms in total. The number of amides is 3. The highest BCUT2D eigenvalue weighted by atomic mass is 35.5. The number of hydrogen-bond donors (Lipinski definition) is 3. The van der Waals surface area contributed by atoms with Gasteiger partial charge in [-0.1, -0.05) is 29.8 Å². The zero-order chi connectivity index (χ0) is 27.3. The molecule has 2 aliphatic rings. The molecule has 3 aromatic rings. The molecule has 1 aliphatic heterocycles. The van der Waals surface area contributed by atoms with E-state index in [1.54, 1.807) is 29.2 Å². The number of rotatable bonds is 7. The number of nitrogens with one attached hydrogen (secondary N) is 1. The summed E-state index contributed by atoms with van der Waals surface area (Å²) in [7, 11) is 0. The lowest BCUT2D eigenvalue weighted by Gasteiger charge is -2.34. The van der Waals surface area contributed by atoms with Crippen molar-refractivity contribution in [2.75, 3.05) is 0 Å². The van der Waals surface area contributed by atoms with Crippen LogP contribution in [0.3, 0.4) is 0 Å². The maximum absolute atomic E-state index is 14.7. The van der Waals surface area contributed by atoms with Crippen molar-refractivity contribution >= 4 is 46.2 Å². The average molecular weight is 542 g/mol. The highest BCUT2D eigenvalue weighted by molar-refractivity contribution is 6.31. The predicted molar refractivity (Wildman–Crippen MR) is 135 cm³/mol. The molecule has 1 aromatic heterocycles. The smallest absolute Gasteiger partial charge is 0.336 e. The van der Waals surface area contributed by atoms with Crippen molar-refractivity contribution in [2.24, 2.45) is 11.7 Å². The molecule has 0 spiro atoms. The van der Waals surface area contributed by atoms with Crippen LogP contribution in [0.15, 0.2) is 30.3 Å². The summed E-state index contributed by atoms with van der Waals surface area (Å²) >= 11 is 5.89. The van der Waals surface area contributed by atoms with E-state index in [0.717, 1.165) is 18.9 Å². The zero-order valence-corrected chi connectivity index (χ0v) is 21.2. The molecule has 1 saturated heterocycles. The van der Waals surface area contributed by atoms with E-state index in [1.165, 1.54) is 11.6 Å². The number of aromatic carboxylic acids is 1. The van der Waals surface area contributed by atoms with Crippen LogP contribution >= 0.6 is 11.6 Å². The minimum absolute atomic E-state index is 0.0220. The second kappa shape index (κ2) is 9.71. The summed E-state index contributed by atoms with van der Waals surface area (Å²) in [5, 5.41) is 16.5. The Morgan fingerprint density at radius 1 is 1.24 bits per heavy atom. The molecule has 38 heavy (non-hydrogen) atoms. The molecule has 2 fully saturated rings. The number of carbonyl (C=O) groups is 4. The fourth-order valence-corrected chi connectivity index (χ4v) is 6.03. The summed E-state index contributed by atoms with van der Waals surface area (Å²) in [5.41, 5.74) is 6.08. The van der Waals surface area contributed by atoms with Gasteiger partial charge in [0.05, 0.1) is 16.1 Å². The van der Waals surface area contributed by atoms with Gasteiger partial charge in [-0.3, -0.25) is 19.1 Å². The molecule has 198 valence electrons. The molecule has 5 rings (SSSR count). The first-order valence-electron chi connectivity index (χ1n) is 12.1. The molecule has 4 N–H and O–H groups in total. The van der Waals surface area contributed by atoms with Crippen LogP contribution in [0, 0.1) is 18.7 Å². The number of hydrogen-bond acceptors (Lipinski definition) is 5. The number of primary amides is 1. The van der Waals surface area contributed by atoms with Crippen molar-refractivity contribution in [1.82, 2.24) is 20.0 Å². The van der Waals surface area contributed by atoms with Crippen molar-refractivity contribution in [3.05, 3.63) is 63.6 Å². The number of halogens is 2. The number of nitrogens with two attached hydrogens (primary N) is 1. The summed E-state index contributed by atoms with van der Waals surface area (Å²) in [4.78, 5) is 51.8. The fraction of sp³-hybridized carbons (Fsp3) is 0.346. The molecule has 3 amide bonds. The van der Waals surface area contributed by atoms with Crippen LogP contribution in [0.2, 0.25) is 5.02 Å². The standard InChI is InChI=1S/C26H25ClFN5O5/c1-12-16(26(37)38)9-18(27)21(28)17(12)10-30-25(36)23-13-6-7-14(8-13)33(23)20(34)11-32-19-5-3-2-4-15(19)22(31-32)24(29)35/h2-5,9,13-14,23H,6-8,10-11H2,1H3,(H2,29,35)(H,30,36)(H,37,38)/t13-,14+,23-/m0/s1. The summed E-state index contributed by atoms with van der Waals surface area (Å²) in [6.45, 7) is 0.982. The Hall–Kier alpha value is -3.99. The van der Waals surface area contributed by atoms with Crippen LogP contribution in [0.5, 0.6) is 0 Å². The molecule has 0 unspecified atom stereocenters. The number of piperidine rings is 1. The predicted octanol–water partition coefficient (Wildman–Crippen LogP) is 2.63. The van der Waals surface area contributed by atoms with Gasteiger partial charge in [-0.15, -0.1) is 0 Å². The van der Waals surface area contributed by atoms with Crippen molar-refractivity contribution in [1.29, 1.82) is 0 Å². The van der Waals surface area contributed by atoms with E-state index in [9.17, 15) is 28.7 Å². The lowest BCUT2D eigenvalue weighted by atomic mass is 9.97. The molecular formula is C26H25ClFN5O5. The van der Waals surface area contributed by atoms with Gasteiger partial charge in [-0.2, -0.15) is 5.10 Å². The second-order valence-electron chi connectivity index (χ2n) is 9.71. The van der Waals surface area contributed by atoms with E-state index in [4.69, 9.17) is 17.3 Å². The van der Waals surface area contributed by atoms with Gasteiger partial charge in [0.1, 0.15) is 18.4 Å².